The lowest BCUT2D eigenvalue weighted by Gasteiger charge is -2.11. The van der Waals surface area contributed by atoms with E-state index < -0.39 is 17.2 Å². The number of carbonyl (C=O) groups is 1. The third kappa shape index (κ3) is 4.12. The van der Waals surface area contributed by atoms with Crippen LogP contribution in [0.15, 0.2) is 50.7 Å². The molecule has 0 saturated heterocycles. The number of methoxy groups -OCH3 is 1. The number of aryl methyl sites for hydroxylation is 1. The van der Waals surface area contributed by atoms with Gasteiger partial charge in [0.25, 0.3) is 5.56 Å². The molecule has 0 atom stereocenters. The summed E-state index contributed by atoms with van der Waals surface area (Å²) < 4.78 is 12.0. The molecule has 11 heteroatoms. The molecule has 5 rings (SSSR count). The first-order valence-electron chi connectivity index (χ1n) is 11.8. The van der Waals surface area contributed by atoms with Crippen molar-refractivity contribution in [2.45, 2.75) is 26.9 Å². The number of ether oxygens (including phenoxy) is 1. The van der Waals surface area contributed by atoms with Gasteiger partial charge in [-0.3, -0.25) is 18.6 Å². The van der Waals surface area contributed by atoms with E-state index >= 15 is 0 Å². The Morgan fingerprint density at radius 3 is 2.65 bits per heavy atom. The molecular weight excluding hydrogens is 540 g/mol. The molecule has 0 aliphatic heterocycles. The summed E-state index contributed by atoms with van der Waals surface area (Å²) in [5.74, 6) is -0.331. The van der Waals surface area contributed by atoms with Gasteiger partial charge in [0.05, 0.1) is 24.9 Å². The van der Waals surface area contributed by atoms with Gasteiger partial charge in [-0.05, 0) is 35.7 Å². The summed E-state index contributed by atoms with van der Waals surface area (Å²) in [7, 11) is 4.59. The zero-order chi connectivity index (χ0) is 26.6. The molecule has 0 unspecified atom stereocenters. The number of aromatic nitrogens is 6. The average Bonchev–Trinajstić information content (AvgIpc) is 3.55. The highest BCUT2D eigenvalue weighted by Crippen LogP contribution is 2.30. The summed E-state index contributed by atoms with van der Waals surface area (Å²) in [6.07, 6.45) is 3.57. The van der Waals surface area contributed by atoms with Crippen LogP contribution in [-0.4, -0.2) is 41.5 Å². The molecule has 4 heterocycles. The third-order valence-electron chi connectivity index (χ3n) is 6.49. The first-order chi connectivity index (χ1) is 17.6. The van der Waals surface area contributed by atoms with Gasteiger partial charge in [0, 0.05) is 48.4 Å². The molecule has 192 valence electrons. The Bertz CT molecular complexity index is 1800. The highest BCUT2D eigenvalue weighted by molar-refractivity contribution is 9.10. The van der Waals surface area contributed by atoms with Crippen LogP contribution in [0, 0.1) is 5.92 Å². The number of carbonyl (C=O) groups excluding carboxylic acids is 1. The Hall–Kier alpha value is -3.86. The van der Waals surface area contributed by atoms with Gasteiger partial charge in [0.15, 0.2) is 5.65 Å². The lowest BCUT2D eigenvalue weighted by atomic mass is 10.1. The maximum absolute atomic E-state index is 13.5. The van der Waals surface area contributed by atoms with Crippen molar-refractivity contribution in [1.82, 2.24) is 28.5 Å². The Morgan fingerprint density at radius 2 is 1.95 bits per heavy atom. The normalized spacial score (nSPS) is 11.8. The van der Waals surface area contributed by atoms with Crippen molar-refractivity contribution in [2.75, 3.05) is 7.11 Å². The maximum Gasteiger partial charge on any atom is 0.339 e. The van der Waals surface area contributed by atoms with Crippen molar-refractivity contribution < 1.29 is 9.53 Å². The van der Waals surface area contributed by atoms with Crippen LogP contribution in [0.5, 0.6) is 0 Å². The SMILES string of the molecule is COC(=O)c1cc(-c2c3c(=O)n(C)c(=O)n(CC(C)C)c3nn2Cc2c[nH]c3ccc(Br)cc23)n(C)c1. The van der Waals surface area contributed by atoms with Crippen molar-refractivity contribution in [2.24, 2.45) is 20.0 Å². The molecule has 5 aromatic rings. The molecule has 0 aliphatic rings. The van der Waals surface area contributed by atoms with Crippen LogP contribution in [0.1, 0.15) is 29.8 Å². The lowest BCUT2D eigenvalue weighted by molar-refractivity contribution is 0.0600. The number of halogens is 1. The van der Waals surface area contributed by atoms with E-state index in [-0.39, 0.29) is 5.92 Å². The van der Waals surface area contributed by atoms with E-state index in [1.54, 1.807) is 33.1 Å². The minimum atomic E-state index is -0.483. The fourth-order valence-electron chi connectivity index (χ4n) is 4.74. The second-order valence-electron chi connectivity index (χ2n) is 9.58. The van der Waals surface area contributed by atoms with E-state index in [0.29, 0.717) is 41.1 Å². The topological polar surface area (TPSA) is 109 Å². The van der Waals surface area contributed by atoms with E-state index in [1.807, 2.05) is 38.2 Å². The third-order valence-corrected chi connectivity index (χ3v) is 6.99. The minimum Gasteiger partial charge on any atom is -0.465 e. The number of benzene rings is 1. The molecule has 0 fully saturated rings. The first-order valence-corrected chi connectivity index (χ1v) is 12.6. The second-order valence-corrected chi connectivity index (χ2v) is 10.5. The monoisotopic (exact) mass is 566 g/mol. The quantitative estimate of drug-likeness (QED) is 0.315. The Kier molecular flexibility index (Phi) is 6.18. The number of nitrogens with zero attached hydrogens (tertiary/aromatic N) is 5. The van der Waals surface area contributed by atoms with Gasteiger partial charge in [-0.15, -0.1) is 0 Å². The molecular formula is C26H27BrN6O4. The van der Waals surface area contributed by atoms with Gasteiger partial charge in [-0.1, -0.05) is 29.8 Å². The molecule has 0 spiro atoms. The summed E-state index contributed by atoms with van der Waals surface area (Å²) in [4.78, 5) is 42.2. The Labute approximate surface area is 220 Å². The van der Waals surface area contributed by atoms with Crippen molar-refractivity contribution in [1.29, 1.82) is 0 Å². The van der Waals surface area contributed by atoms with Gasteiger partial charge < -0.3 is 14.3 Å². The second kappa shape index (κ2) is 9.22. The van der Waals surface area contributed by atoms with Crippen molar-refractivity contribution >= 4 is 43.8 Å². The van der Waals surface area contributed by atoms with Crippen LogP contribution in [0.25, 0.3) is 33.3 Å². The number of aromatic amines is 1. The minimum absolute atomic E-state index is 0.152. The Balaban J connectivity index is 1.84. The van der Waals surface area contributed by atoms with Gasteiger partial charge in [0.2, 0.25) is 0 Å². The van der Waals surface area contributed by atoms with E-state index in [9.17, 15) is 14.4 Å². The standard InChI is InChI=1S/C26H27BrN6O4/c1-14(2)11-32-23-21(24(34)31(4)26(32)36)22(20-8-15(12-30(20)3)25(35)37-5)33(29-23)13-16-10-28-19-7-6-17(27)9-18(16)19/h6-10,12,14,28H,11,13H2,1-5H3. The summed E-state index contributed by atoms with van der Waals surface area (Å²) in [6.45, 7) is 4.74. The van der Waals surface area contributed by atoms with Crippen LogP contribution < -0.4 is 11.2 Å². The number of fused-ring (bicyclic) bond motifs is 2. The number of hydrogen-bond donors (Lipinski definition) is 1. The van der Waals surface area contributed by atoms with E-state index in [2.05, 4.69) is 20.9 Å². The van der Waals surface area contributed by atoms with E-state index in [0.717, 1.165) is 25.5 Å². The highest BCUT2D eigenvalue weighted by Gasteiger charge is 2.26. The van der Waals surface area contributed by atoms with Crippen LogP contribution in [-0.2, 0) is 31.9 Å². The predicted molar refractivity (Wildman–Crippen MR) is 145 cm³/mol. The van der Waals surface area contributed by atoms with Crippen LogP contribution in [0.2, 0.25) is 0 Å². The van der Waals surface area contributed by atoms with Crippen LogP contribution in [0.3, 0.4) is 0 Å². The Morgan fingerprint density at radius 1 is 1.19 bits per heavy atom. The average molecular weight is 567 g/mol. The number of esters is 1. The lowest BCUT2D eigenvalue weighted by Crippen LogP contribution is -2.38. The van der Waals surface area contributed by atoms with Gasteiger partial charge in [-0.2, -0.15) is 5.10 Å². The smallest absolute Gasteiger partial charge is 0.339 e. The number of nitrogens with one attached hydrogen (secondary N) is 1. The van der Waals surface area contributed by atoms with Crippen molar-refractivity contribution in [3.8, 4) is 11.4 Å². The van der Waals surface area contributed by atoms with E-state index in [1.165, 1.54) is 14.2 Å². The molecule has 10 nitrogen and oxygen atoms in total. The molecule has 1 aromatic carbocycles. The summed E-state index contributed by atoms with van der Waals surface area (Å²) in [5, 5.41) is 6.17. The molecule has 0 saturated carbocycles. The summed E-state index contributed by atoms with van der Waals surface area (Å²) in [5.41, 5.74) is 2.87. The van der Waals surface area contributed by atoms with Crippen LogP contribution in [0.4, 0.5) is 0 Å². The first kappa shape index (κ1) is 24.8. The van der Waals surface area contributed by atoms with Gasteiger partial charge in [-0.25, -0.2) is 9.59 Å². The molecule has 0 radical (unpaired) electrons. The number of rotatable bonds is 6. The van der Waals surface area contributed by atoms with Crippen LogP contribution >= 0.6 is 15.9 Å². The van der Waals surface area contributed by atoms with Gasteiger partial charge in [0.1, 0.15) is 11.1 Å². The molecule has 37 heavy (non-hydrogen) atoms. The predicted octanol–water partition coefficient (Wildman–Crippen LogP) is 3.64. The highest BCUT2D eigenvalue weighted by atomic mass is 79.9. The fourth-order valence-corrected chi connectivity index (χ4v) is 5.10. The number of H-pyrrole nitrogens is 1. The molecule has 0 amide bonds. The van der Waals surface area contributed by atoms with E-state index in [4.69, 9.17) is 9.84 Å². The fraction of sp³-hybridized carbons (Fsp3) is 0.308. The van der Waals surface area contributed by atoms with Crippen molar-refractivity contribution in [3.05, 3.63) is 73.1 Å². The van der Waals surface area contributed by atoms with Crippen molar-refractivity contribution in [3.63, 3.8) is 0 Å². The molecule has 0 aliphatic carbocycles. The van der Waals surface area contributed by atoms with Gasteiger partial charge >= 0.3 is 11.7 Å². The number of hydrogen-bond acceptors (Lipinski definition) is 5. The largest absolute Gasteiger partial charge is 0.465 e. The zero-order valence-electron chi connectivity index (χ0n) is 21.2. The molecule has 1 N–H and O–H groups in total. The molecule has 4 aromatic heterocycles. The summed E-state index contributed by atoms with van der Waals surface area (Å²) in [6, 6.07) is 7.65. The zero-order valence-corrected chi connectivity index (χ0v) is 22.8. The molecule has 0 bridgehead atoms. The maximum atomic E-state index is 13.5. The summed E-state index contributed by atoms with van der Waals surface area (Å²) >= 11 is 3.54.